The minimum Gasteiger partial charge on any atom is -0.385 e. The lowest BCUT2D eigenvalue weighted by Gasteiger charge is -2.12. The summed E-state index contributed by atoms with van der Waals surface area (Å²) in [6, 6.07) is 8.01. The zero-order valence-electron chi connectivity index (χ0n) is 13.0. The van der Waals surface area contributed by atoms with Gasteiger partial charge in [0.2, 0.25) is 5.91 Å². The SMILES string of the molecule is COCCCNC(=O)C1(c2cc(-c3ccccc3F)on2)CC1. The number of carbonyl (C=O) groups excluding carboxylic acids is 1. The topological polar surface area (TPSA) is 64.4 Å². The van der Waals surface area contributed by atoms with Crippen molar-refractivity contribution >= 4 is 5.91 Å². The Kier molecular flexibility index (Phi) is 4.43. The van der Waals surface area contributed by atoms with Gasteiger partial charge in [-0.25, -0.2) is 4.39 Å². The third-order valence-electron chi connectivity index (χ3n) is 4.14. The van der Waals surface area contributed by atoms with Gasteiger partial charge in [-0.1, -0.05) is 17.3 Å². The highest BCUT2D eigenvalue weighted by atomic mass is 19.1. The lowest BCUT2D eigenvalue weighted by atomic mass is 10.00. The van der Waals surface area contributed by atoms with E-state index in [1.165, 1.54) is 6.07 Å². The van der Waals surface area contributed by atoms with Crippen LogP contribution in [0.3, 0.4) is 0 Å². The molecule has 23 heavy (non-hydrogen) atoms. The zero-order valence-corrected chi connectivity index (χ0v) is 13.0. The van der Waals surface area contributed by atoms with E-state index >= 15 is 0 Å². The number of halogens is 1. The van der Waals surface area contributed by atoms with Gasteiger partial charge in [-0.05, 0) is 31.4 Å². The van der Waals surface area contributed by atoms with Crippen molar-refractivity contribution in [1.29, 1.82) is 0 Å². The molecule has 0 unspecified atom stereocenters. The van der Waals surface area contributed by atoms with Gasteiger partial charge in [0.1, 0.15) is 5.82 Å². The molecule has 3 rings (SSSR count). The van der Waals surface area contributed by atoms with Crippen LogP contribution < -0.4 is 5.32 Å². The Balaban J connectivity index is 1.72. The summed E-state index contributed by atoms with van der Waals surface area (Å²) < 4.78 is 24.0. The number of aromatic nitrogens is 1. The minimum absolute atomic E-state index is 0.0537. The van der Waals surface area contributed by atoms with E-state index in [1.54, 1.807) is 31.4 Å². The third-order valence-corrected chi connectivity index (χ3v) is 4.14. The zero-order chi connectivity index (χ0) is 16.3. The van der Waals surface area contributed by atoms with Gasteiger partial charge in [-0.2, -0.15) is 0 Å². The molecule has 5 nitrogen and oxygen atoms in total. The molecule has 1 fully saturated rings. The van der Waals surface area contributed by atoms with Crippen molar-refractivity contribution in [3.05, 3.63) is 41.8 Å². The molecule has 1 aliphatic rings. The molecule has 1 aliphatic carbocycles. The summed E-state index contributed by atoms with van der Waals surface area (Å²) in [5.41, 5.74) is 0.294. The number of ether oxygens (including phenoxy) is 1. The smallest absolute Gasteiger partial charge is 0.232 e. The first kappa shape index (κ1) is 15.7. The molecule has 0 spiro atoms. The van der Waals surface area contributed by atoms with Gasteiger partial charge in [0.05, 0.1) is 16.7 Å². The van der Waals surface area contributed by atoms with Gasteiger partial charge >= 0.3 is 0 Å². The molecule has 0 bridgehead atoms. The first-order valence-electron chi connectivity index (χ1n) is 7.67. The first-order chi connectivity index (χ1) is 11.2. The van der Waals surface area contributed by atoms with Gasteiger partial charge in [0.25, 0.3) is 0 Å². The fourth-order valence-corrected chi connectivity index (χ4v) is 2.60. The van der Waals surface area contributed by atoms with E-state index in [0.717, 1.165) is 19.3 Å². The summed E-state index contributed by atoms with van der Waals surface area (Å²) in [6.45, 7) is 1.17. The van der Waals surface area contributed by atoms with Crippen molar-refractivity contribution < 1.29 is 18.4 Å². The number of carbonyl (C=O) groups is 1. The first-order valence-corrected chi connectivity index (χ1v) is 7.67. The van der Waals surface area contributed by atoms with Crippen molar-refractivity contribution in [3.8, 4) is 11.3 Å². The Morgan fingerprint density at radius 2 is 2.22 bits per heavy atom. The molecule has 0 aliphatic heterocycles. The highest BCUT2D eigenvalue weighted by molar-refractivity contribution is 5.91. The molecule has 1 N–H and O–H groups in total. The summed E-state index contributed by atoms with van der Waals surface area (Å²) in [6.07, 6.45) is 2.22. The Morgan fingerprint density at radius 1 is 1.43 bits per heavy atom. The van der Waals surface area contributed by atoms with E-state index in [9.17, 15) is 9.18 Å². The molecular weight excluding hydrogens is 299 g/mol. The van der Waals surface area contributed by atoms with E-state index in [2.05, 4.69) is 10.5 Å². The van der Waals surface area contributed by atoms with E-state index < -0.39 is 5.41 Å². The van der Waals surface area contributed by atoms with Crippen LogP contribution in [0.4, 0.5) is 4.39 Å². The van der Waals surface area contributed by atoms with E-state index in [1.807, 2.05) is 0 Å². The lowest BCUT2D eigenvalue weighted by molar-refractivity contribution is -0.123. The van der Waals surface area contributed by atoms with Crippen LogP contribution in [0.1, 0.15) is 25.0 Å². The second kappa shape index (κ2) is 6.50. The summed E-state index contributed by atoms with van der Waals surface area (Å²) >= 11 is 0. The number of methoxy groups -OCH3 is 1. The molecule has 1 aromatic heterocycles. The summed E-state index contributed by atoms with van der Waals surface area (Å²) in [5.74, 6) is -0.0809. The molecule has 0 saturated heterocycles. The molecule has 1 amide bonds. The van der Waals surface area contributed by atoms with Crippen LogP contribution in [0.25, 0.3) is 11.3 Å². The van der Waals surface area contributed by atoms with Crippen LogP contribution in [0.15, 0.2) is 34.9 Å². The molecular formula is C17H19FN2O3. The normalized spacial score (nSPS) is 15.4. The molecule has 0 atom stereocenters. The van der Waals surface area contributed by atoms with Gasteiger partial charge in [-0.15, -0.1) is 0 Å². The maximum absolute atomic E-state index is 13.8. The van der Waals surface area contributed by atoms with Crippen LogP contribution >= 0.6 is 0 Å². The fraction of sp³-hybridized carbons (Fsp3) is 0.412. The Bertz CT molecular complexity index is 695. The molecule has 1 heterocycles. The Morgan fingerprint density at radius 3 is 2.91 bits per heavy atom. The summed E-state index contributed by atoms with van der Waals surface area (Å²) in [7, 11) is 1.63. The number of rotatable bonds is 7. The van der Waals surface area contributed by atoms with E-state index in [4.69, 9.17) is 9.26 Å². The van der Waals surface area contributed by atoms with E-state index in [0.29, 0.717) is 30.2 Å². The number of nitrogens with zero attached hydrogens (tertiary/aromatic N) is 1. The Labute approximate surface area is 133 Å². The van der Waals surface area contributed by atoms with Crippen LogP contribution in [0.2, 0.25) is 0 Å². The van der Waals surface area contributed by atoms with Crippen molar-refractivity contribution in [3.63, 3.8) is 0 Å². The quantitative estimate of drug-likeness (QED) is 0.797. The van der Waals surface area contributed by atoms with Crippen molar-refractivity contribution in [2.75, 3.05) is 20.3 Å². The summed E-state index contributed by atoms with van der Waals surface area (Å²) in [5, 5.41) is 6.91. The van der Waals surface area contributed by atoms with Crippen molar-refractivity contribution in [2.45, 2.75) is 24.7 Å². The average molecular weight is 318 g/mol. The molecule has 6 heteroatoms. The van der Waals surface area contributed by atoms with Crippen LogP contribution in [0.5, 0.6) is 0 Å². The molecule has 1 saturated carbocycles. The number of hydrogen-bond acceptors (Lipinski definition) is 4. The van der Waals surface area contributed by atoms with Crippen molar-refractivity contribution in [2.24, 2.45) is 0 Å². The molecule has 122 valence electrons. The van der Waals surface area contributed by atoms with Crippen LogP contribution in [0, 0.1) is 5.82 Å². The number of nitrogens with one attached hydrogen (secondary N) is 1. The Hall–Kier alpha value is -2.21. The largest absolute Gasteiger partial charge is 0.385 e. The summed E-state index contributed by atoms with van der Waals surface area (Å²) in [4.78, 5) is 12.4. The lowest BCUT2D eigenvalue weighted by Crippen LogP contribution is -2.35. The second-order valence-corrected chi connectivity index (χ2v) is 5.74. The van der Waals surface area contributed by atoms with Crippen LogP contribution in [-0.4, -0.2) is 31.3 Å². The average Bonchev–Trinajstić information content (AvgIpc) is 3.23. The van der Waals surface area contributed by atoms with Gasteiger partial charge in [0, 0.05) is 26.3 Å². The highest BCUT2D eigenvalue weighted by Gasteiger charge is 2.53. The predicted molar refractivity (Wildman–Crippen MR) is 82.3 cm³/mol. The maximum Gasteiger partial charge on any atom is 0.232 e. The van der Waals surface area contributed by atoms with Gasteiger partial charge < -0.3 is 14.6 Å². The molecule has 0 radical (unpaired) electrons. The molecule has 1 aromatic carbocycles. The minimum atomic E-state index is -0.625. The number of benzene rings is 1. The maximum atomic E-state index is 13.8. The third kappa shape index (κ3) is 3.12. The highest BCUT2D eigenvalue weighted by Crippen LogP contribution is 2.48. The predicted octanol–water partition coefficient (Wildman–Crippen LogP) is 2.67. The molecule has 2 aromatic rings. The monoisotopic (exact) mass is 318 g/mol. The number of hydrogen-bond donors (Lipinski definition) is 1. The standard InChI is InChI=1S/C17H19FN2O3/c1-22-10-4-9-19-16(21)17(7-8-17)15-11-14(23-20-15)12-5-2-3-6-13(12)18/h2-3,5-6,11H,4,7-10H2,1H3,(H,19,21). The fourth-order valence-electron chi connectivity index (χ4n) is 2.60. The van der Waals surface area contributed by atoms with E-state index in [-0.39, 0.29) is 11.7 Å². The second-order valence-electron chi connectivity index (χ2n) is 5.74. The van der Waals surface area contributed by atoms with Crippen molar-refractivity contribution in [1.82, 2.24) is 10.5 Å². The van der Waals surface area contributed by atoms with Gasteiger partial charge in [0.15, 0.2) is 5.76 Å². The van der Waals surface area contributed by atoms with Gasteiger partial charge in [-0.3, -0.25) is 4.79 Å². The van der Waals surface area contributed by atoms with Crippen LogP contribution in [-0.2, 0) is 14.9 Å². The number of amides is 1.